The molecule has 1 aliphatic heterocycles. The van der Waals surface area contributed by atoms with E-state index in [0.29, 0.717) is 11.8 Å². The molecule has 25 heavy (non-hydrogen) atoms. The van der Waals surface area contributed by atoms with E-state index in [0.717, 1.165) is 25.8 Å². The number of carbonyl (C=O) groups excluding carboxylic acids is 1. The van der Waals surface area contributed by atoms with Crippen molar-refractivity contribution in [2.45, 2.75) is 26.4 Å². The van der Waals surface area contributed by atoms with Gasteiger partial charge in [-0.25, -0.2) is 4.39 Å². The molecule has 2 aromatic rings. The van der Waals surface area contributed by atoms with Gasteiger partial charge in [0, 0.05) is 31.9 Å². The first-order valence-corrected chi connectivity index (χ1v) is 8.71. The summed E-state index contributed by atoms with van der Waals surface area (Å²) in [6.07, 6.45) is 2.51. The highest BCUT2D eigenvalue weighted by Crippen LogP contribution is 2.24. The molecule has 1 aromatic carbocycles. The maximum Gasteiger partial charge on any atom is 0.254 e. The zero-order valence-electron chi connectivity index (χ0n) is 14.7. The quantitative estimate of drug-likeness (QED) is 0.929. The molecule has 1 aliphatic rings. The normalized spacial score (nSPS) is 24.0. The smallest absolute Gasteiger partial charge is 0.254 e. The number of rotatable bonds is 4. The van der Waals surface area contributed by atoms with Crippen molar-refractivity contribution in [2.24, 2.45) is 11.8 Å². The summed E-state index contributed by atoms with van der Waals surface area (Å²) in [6.45, 7) is 7.00. The Hall–Kier alpha value is -2.27. The Morgan fingerprint density at radius 3 is 2.52 bits per heavy atom. The van der Waals surface area contributed by atoms with Gasteiger partial charge < -0.3 is 5.32 Å². The van der Waals surface area contributed by atoms with Crippen LogP contribution in [0.25, 0.3) is 0 Å². The maximum absolute atomic E-state index is 13.8. The van der Waals surface area contributed by atoms with Crippen molar-refractivity contribution in [2.75, 3.05) is 13.1 Å². The molecule has 0 radical (unpaired) electrons. The lowest BCUT2D eigenvalue weighted by molar-refractivity contribution is 0.0730. The summed E-state index contributed by atoms with van der Waals surface area (Å²) in [5.41, 5.74) is 1.35. The second kappa shape index (κ2) is 7.74. The number of hydrogen-bond acceptors (Lipinski definition) is 3. The van der Waals surface area contributed by atoms with Gasteiger partial charge in [0.15, 0.2) is 5.82 Å². The number of pyridine rings is 1. The van der Waals surface area contributed by atoms with Gasteiger partial charge in [0.05, 0.1) is 11.8 Å². The molecule has 2 heterocycles. The molecule has 1 saturated heterocycles. The Morgan fingerprint density at radius 1 is 1.20 bits per heavy atom. The van der Waals surface area contributed by atoms with Crippen molar-refractivity contribution in [3.05, 3.63) is 65.7 Å². The average Bonchev–Trinajstić information content (AvgIpc) is 2.59. The fourth-order valence-electron chi connectivity index (χ4n) is 3.72. The van der Waals surface area contributed by atoms with Gasteiger partial charge in [-0.2, -0.15) is 0 Å². The van der Waals surface area contributed by atoms with Crippen LogP contribution in [0.2, 0.25) is 0 Å². The van der Waals surface area contributed by atoms with Crippen LogP contribution in [0.4, 0.5) is 4.39 Å². The molecule has 0 saturated carbocycles. The number of carbonyl (C=O) groups is 1. The van der Waals surface area contributed by atoms with Gasteiger partial charge in [0.1, 0.15) is 0 Å². The van der Waals surface area contributed by atoms with Crippen LogP contribution in [0.5, 0.6) is 0 Å². The van der Waals surface area contributed by atoms with E-state index in [1.165, 1.54) is 17.8 Å². The van der Waals surface area contributed by atoms with Gasteiger partial charge in [-0.05, 0) is 23.5 Å². The lowest BCUT2D eigenvalue weighted by atomic mass is 9.85. The fourth-order valence-corrected chi connectivity index (χ4v) is 3.72. The van der Waals surface area contributed by atoms with E-state index in [4.69, 9.17) is 0 Å². The molecule has 4 nitrogen and oxygen atoms in total. The third kappa shape index (κ3) is 4.23. The molecule has 1 amide bonds. The van der Waals surface area contributed by atoms with Crippen molar-refractivity contribution in [3.63, 3.8) is 0 Å². The van der Waals surface area contributed by atoms with Gasteiger partial charge in [0.25, 0.3) is 5.91 Å². The van der Waals surface area contributed by atoms with E-state index in [9.17, 15) is 9.18 Å². The molecule has 0 bridgehead atoms. The molecule has 3 atom stereocenters. The average molecular weight is 341 g/mol. The molecular weight excluding hydrogens is 317 g/mol. The fraction of sp³-hybridized carbons (Fsp3) is 0.400. The van der Waals surface area contributed by atoms with E-state index in [1.54, 1.807) is 0 Å². The highest BCUT2D eigenvalue weighted by Gasteiger charge is 2.33. The summed E-state index contributed by atoms with van der Waals surface area (Å²) < 4.78 is 13.8. The van der Waals surface area contributed by atoms with E-state index < -0.39 is 5.82 Å². The molecule has 1 unspecified atom stereocenters. The number of likely N-dealkylation sites (tertiary alicyclic amines) is 1. The van der Waals surface area contributed by atoms with Crippen LogP contribution in [0, 0.1) is 17.7 Å². The molecule has 0 aliphatic carbocycles. The molecule has 132 valence electrons. The van der Waals surface area contributed by atoms with Gasteiger partial charge in [0.2, 0.25) is 0 Å². The van der Waals surface area contributed by atoms with Crippen LogP contribution < -0.4 is 5.32 Å². The number of halogens is 1. The van der Waals surface area contributed by atoms with Crippen LogP contribution in [-0.4, -0.2) is 34.9 Å². The maximum atomic E-state index is 13.8. The van der Waals surface area contributed by atoms with E-state index in [-0.39, 0.29) is 17.5 Å². The molecule has 3 rings (SSSR count). The number of aromatic nitrogens is 1. The van der Waals surface area contributed by atoms with Crippen molar-refractivity contribution < 1.29 is 9.18 Å². The molecule has 1 N–H and O–H groups in total. The Labute approximate surface area is 148 Å². The molecule has 1 fully saturated rings. The van der Waals surface area contributed by atoms with Crippen LogP contribution >= 0.6 is 0 Å². The highest BCUT2D eigenvalue weighted by molar-refractivity contribution is 5.94. The number of amides is 1. The van der Waals surface area contributed by atoms with Crippen LogP contribution in [0.3, 0.4) is 0 Å². The van der Waals surface area contributed by atoms with E-state index in [1.807, 2.05) is 6.07 Å². The van der Waals surface area contributed by atoms with Crippen LogP contribution in [-0.2, 0) is 6.54 Å². The zero-order valence-corrected chi connectivity index (χ0v) is 14.7. The van der Waals surface area contributed by atoms with Gasteiger partial charge in [-0.15, -0.1) is 0 Å². The van der Waals surface area contributed by atoms with Gasteiger partial charge in [-0.1, -0.05) is 44.2 Å². The Balaban J connectivity index is 1.63. The number of benzene rings is 1. The first-order chi connectivity index (χ1) is 12.0. The predicted octanol–water partition coefficient (Wildman–Crippen LogP) is 3.11. The first-order valence-electron chi connectivity index (χ1n) is 8.71. The van der Waals surface area contributed by atoms with E-state index >= 15 is 0 Å². The standard InChI is InChI=1S/C20H24FN3O/c1-14-11-24(13-16-6-4-3-5-7-16)12-15(2)19(14)23-20(25)17-8-9-22-10-18(17)21/h3-10,14-15,19H,11-13H2,1-2H3,(H,23,25)/t14-,15+,19?. The second-order valence-corrected chi connectivity index (χ2v) is 6.99. The summed E-state index contributed by atoms with van der Waals surface area (Å²) in [7, 11) is 0. The third-order valence-corrected chi connectivity index (χ3v) is 4.88. The third-order valence-electron chi connectivity index (χ3n) is 4.88. The summed E-state index contributed by atoms with van der Waals surface area (Å²) in [6, 6.07) is 11.9. The minimum atomic E-state index is -0.582. The molecule has 5 heteroatoms. The van der Waals surface area contributed by atoms with E-state index in [2.05, 4.69) is 53.3 Å². The minimum absolute atomic E-state index is 0.0343. The SMILES string of the molecule is C[C@@H]1CN(Cc2ccccc2)C[C@H](C)C1NC(=O)c1ccncc1F. The summed E-state index contributed by atoms with van der Waals surface area (Å²) in [5.74, 6) is -0.357. The molecule has 1 aromatic heterocycles. The number of nitrogens with one attached hydrogen (secondary N) is 1. The monoisotopic (exact) mass is 341 g/mol. The number of piperidine rings is 1. The number of nitrogens with zero attached hydrogens (tertiary/aromatic N) is 2. The summed E-state index contributed by atoms with van der Waals surface area (Å²) in [5, 5.41) is 3.03. The van der Waals surface area contributed by atoms with Gasteiger partial charge >= 0.3 is 0 Å². The molecule has 0 spiro atoms. The second-order valence-electron chi connectivity index (χ2n) is 6.99. The Kier molecular flexibility index (Phi) is 5.43. The summed E-state index contributed by atoms with van der Waals surface area (Å²) >= 11 is 0. The highest BCUT2D eigenvalue weighted by atomic mass is 19.1. The number of hydrogen-bond donors (Lipinski definition) is 1. The van der Waals surface area contributed by atoms with Crippen LogP contribution in [0.15, 0.2) is 48.8 Å². The molecular formula is C20H24FN3O. The van der Waals surface area contributed by atoms with Crippen molar-refractivity contribution in [1.82, 2.24) is 15.2 Å². The lowest BCUT2D eigenvalue weighted by Gasteiger charge is -2.41. The zero-order chi connectivity index (χ0) is 17.8. The van der Waals surface area contributed by atoms with Gasteiger partial charge in [-0.3, -0.25) is 14.7 Å². The Bertz CT molecular complexity index is 710. The summed E-state index contributed by atoms with van der Waals surface area (Å²) in [4.78, 5) is 18.5. The van der Waals surface area contributed by atoms with Crippen molar-refractivity contribution >= 4 is 5.91 Å². The van der Waals surface area contributed by atoms with Crippen molar-refractivity contribution in [1.29, 1.82) is 0 Å². The predicted molar refractivity (Wildman–Crippen MR) is 95.5 cm³/mol. The minimum Gasteiger partial charge on any atom is -0.349 e. The topological polar surface area (TPSA) is 45.2 Å². The lowest BCUT2D eigenvalue weighted by Crippen LogP contribution is -2.54. The largest absolute Gasteiger partial charge is 0.349 e. The Morgan fingerprint density at radius 2 is 1.88 bits per heavy atom. The first kappa shape index (κ1) is 17.5. The van der Waals surface area contributed by atoms with Crippen molar-refractivity contribution in [3.8, 4) is 0 Å². The van der Waals surface area contributed by atoms with Crippen LogP contribution in [0.1, 0.15) is 29.8 Å².